The molecule has 0 bridgehead atoms. The van der Waals surface area contributed by atoms with Gasteiger partial charge in [0, 0.05) is 24.7 Å². The molecule has 22 heavy (non-hydrogen) atoms. The van der Waals surface area contributed by atoms with Crippen molar-refractivity contribution in [2.24, 2.45) is 16.6 Å². The maximum absolute atomic E-state index is 11.4. The molecule has 4 N–H and O–H groups in total. The van der Waals surface area contributed by atoms with E-state index >= 15 is 0 Å². The summed E-state index contributed by atoms with van der Waals surface area (Å²) in [7, 11) is 1.56. The Morgan fingerprint density at radius 1 is 1.45 bits per heavy atom. The minimum Gasteiger partial charge on any atom is -0.495 e. The van der Waals surface area contributed by atoms with Gasteiger partial charge >= 0.3 is 0 Å². The number of hydrogen-bond donors (Lipinski definition) is 3. The lowest BCUT2D eigenvalue weighted by molar-refractivity contribution is -0.123. The summed E-state index contributed by atoms with van der Waals surface area (Å²) in [6.07, 6.45) is 0.726. The number of aliphatic imine (C=N–C) groups is 1. The molecule has 0 aliphatic heterocycles. The summed E-state index contributed by atoms with van der Waals surface area (Å²) in [4.78, 5) is 15.5. The number of anilines is 1. The van der Waals surface area contributed by atoms with Gasteiger partial charge in [0.15, 0.2) is 5.96 Å². The summed E-state index contributed by atoms with van der Waals surface area (Å²) in [5, 5.41) is 6.27. The third-order valence-corrected chi connectivity index (χ3v) is 3.16. The Bertz CT molecular complexity index is 532. The van der Waals surface area contributed by atoms with E-state index in [1.807, 2.05) is 13.8 Å². The van der Waals surface area contributed by atoms with Gasteiger partial charge in [0.2, 0.25) is 5.91 Å². The number of rotatable bonds is 7. The first-order chi connectivity index (χ1) is 10.4. The van der Waals surface area contributed by atoms with Crippen molar-refractivity contribution in [3.8, 4) is 5.75 Å². The second-order valence-electron chi connectivity index (χ2n) is 5.04. The highest BCUT2D eigenvalue weighted by Gasteiger charge is 2.05. The van der Waals surface area contributed by atoms with Gasteiger partial charge in [-0.25, -0.2) is 0 Å². The molecule has 1 aromatic carbocycles. The predicted molar refractivity (Wildman–Crippen MR) is 90.6 cm³/mol. The number of nitrogens with zero attached hydrogens (tertiary/aromatic N) is 1. The molecule has 0 aromatic heterocycles. The Kier molecular flexibility index (Phi) is 7.52. The van der Waals surface area contributed by atoms with E-state index in [2.05, 4.69) is 15.6 Å². The number of carbonyl (C=O) groups is 1. The highest BCUT2D eigenvalue weighted by atomic mass is 35.5. The second-order valence-corrected chi connectivity index (χ2v) is 5.45. The average Bonchev–Trinajstić information content (AvgIpc) is 2.46. The van der Waals surface area contributed by atoms with Crippen molar-refractivity contribution in [1.29, 1.82) is 0 Å². The minimum atomic E-state index is -0.00458. The molecule has 6 nitrogen and oxygen atoms in total. The van der Waals surface area contributed by atoms with E-state index in [1.54, 1.807) is 25.3 Å². The van der Waals surface area contributed by atoms with Crippen LogP contribution in [0.15, 0.2) is 23.2 Å². The fraction of sp³-hybridized carbons (Fsp3) is 0.467. The molecule has 0 saturated carbocycles. The molecule has 7 heteroatoms. The third-order valence-electron chi connectivity index (χ3n) is 2.86. The van der Waals surface area contributed by atoms with Crippen LogP contribution in [0.1, 0.15) is 20.3 Å². The van der Waals surface area contributed by atoms with Crippen molar-refractivity contribution in [3.05, 3.63) is 23.2 Å². The molecule has 0 unspecified atom stereocenters. The van der Waals surface area contributed by atoms with E-state index in [0.717, 1.165) is 12.1 Å². The molecule has 1 amide bonds. The van der Waals surface area contributed by atoms with E-state index in [-0.39, 0.29) is 11.8 Å². The van der Waals surface area contributed by atoms with Gasteiger partial charge in [-0.1, -0.05) is 25.4 Å². The van der Waals surface area contributed by atoms with Crippen molar-refractivity contribution in [2.75, 3.05) is 25.5 Å². The average molecular weight is 327 g/mol. The number of carbonyl (C=O) groups excluding carboxylic acids is 1. The molecule has 0 aliphatic rings. The van der Waals surface area contributed by atoms with Crippen LogP contribution >= 0.6 is 11.6 Å². The van der Waals surface area contributed by atoms with Gasteiger partial charge in [-0.2, -0.15) is 0 Å². The van der Waals surface area contributed by atoms with Crippen LogP contribution in [0.5, 0.6) is 5.75 Å². The second kappa shape index (κ2) is 9.15. The van der Waals surface area contributed by atoms with Gasteiger partial charge in [-0.3, -0.25) is 9.79 Å². The summed E-state index contributed by atoms with van der Waals surface area (Å²) < 4.78 is 5.08. The van der Waals surface area contributed by atoms with Gasteiger partial charge < -0.3 is 21.1 Å². The van der Waals surface area contributed by atoms with E-state index in [0.29, 0.717) is 29.8 Å². The van der Waals surface area contributed by atoms with Gasteiger partial charge in [0.25, 0.3) is 0 Å². The summed E-state index contributed by atoms with van der Waals surface area (Å²) in [6.45, 7) is 4.83. The largest absolute Gasteiger partial charge is 0.495 e. The quantitative estimate of drug-likeness (QED) is 0.407. The number of guanidine groups is 1. The Morgan fingerprint density at radius 3 is 2.77 bits per heavy atom. The van der Waals surface area contributed by atoms with E-state index in [4.69, 9.17) is 22.1 Å². The van der Waals surface area contributed by atoms with Crippen LogP contribution in [-0.2, 0) is 4.79 Å². The number of hydrogen-bond acceptors (Lipinski definition) is 3. The fourth-order valence-corrected chi connectivity index (χ4v) is 1.88. The normalized spacial score (nSPS) is 11.4. The molecule has 0 spiro atoms. The Balaban J connectivity index is 2.37. The highest BCUT2D eigenvalue weighted by Crippen LogP contribution is 2.26. The Labute approximate surface area is 136 Å². The fourth-order valence-electron chi connectivity index (χ4n) is 1.63. The number of benzene rings is 1. The van der Waals surface area contributed by atoms with E-state index in [9.17, 15) is 4.79 Å². The van der Waals surface area contributed by atoms with Crippen LogP contribution in [0.3, 0.4) is 0 Å². The number of ether oxygens (including phenoxy) is 1. The first kappa shape index (κ1) is 18.1. The molecule has 0 saturated heterocycles. The zero-order valence-electron chi connectivity index (χ0n) is 13.1. The standard InChI is InChI=1S/C15H23ClN4O2/c1-10(2)14(21)18-7-4-8-19-15(17)20-11-5-6-13(22-3)12(16)9-11/h5-6,9-10H,4,7-8H2,1-3H3,(H,18,21)(H3,17,19,20). The molecule has 1 aromatic rings. The molecule has 0 fully saturated rings. The molecule has 1 rings (SSSR count). The van der Waals surface area contributed by atoms with Crippen molar-refractivity contribution < 1.29 is 9.53 Å². The summed E-state index contributed by atoms with van der Waals surface area (Å²) in [5.41, 5.74) is 6.53. The van der Waals surface area contributed by atoms with Gasteiger partial charge in [0.1, 0.15) is 5.75 Å². The topological polar surface area (TPSA) is 88.7 Å². The van der Waals surface area contributed by atoms with Crippen LogP contribution in [0.25, 0.3) is 0 Å². The van der Waals surface area contributed by atoms with E-state index in [1.165, 1.54) is 0 Å². The zero-order chi connectivity index (χ0) is 16.5. The number of halogens is 1. The Morgan fingerprint density at radius 2 is 2.18 bits per heavy atom. The van der Waals surface area contributed by atoms with E-state index < -0.39 is 0 Å². The molecule has 0 radical (unpaired) electrons. The molecular formula is C15H23ClN4O2. The van der Waals surface area contributed by atoms with Crippen molar-refractivity contribution in [3.63, 3.8) is 0 Å². The van der Waals surface area contributed by atoms with Gasteiger partial charge in [-0.05, 0) is 24.6 Å². The lowest BCUT2D eigenvalue weighted by atomic mass is 10.2. The number of methoxy groups -OCH3 is 1. The third kappa shape index (κ3) is 6.22. The monoisotopic (exact) mass is 326 g/mol. The van der Waals surface area contributed by atoms with Crippen LogP contribution in [0, 0.1) is 5.92 Å². The van der Waals surface area contributed by atoms with Crippen LogP contribution in [-0.4, -0.2) is 32.1 Å². The predicted octanol–water partition coefficient (Wildman–Crippen LogP) is 2.24. The lowest BCUT2D eigenvalue weighted by Gasteiger charge is -2.09. The molecule has 122 valence electrons. The van der Waals surface area contributed by atoms with Gasteiger partial charge in [-0.15, -0.1) is 0 Å². The number of nitrogens with one attached hydrogen (secondary N) is 2. The summed E-state index contributed by atoms with van der Waals surface area (Å²) in [5.74, 6) is 0.943. The van der Waals surface area contributed by atoms with Crippen molar-refractivity contribution >= 4 is 29.2 Å². The molecule has 0 aliphatic carbocycles. The first-order valence-corrected chi connectivity index (χ1v) is 7.50. The summed E-state index contributed by atoms with van der Waals surface area (Å²) >= 11 is 6.03. The Hall–Kier alpha value is -1.95. The smallest absolute Gasteiger partial charge is 0.222 e. The lowest BCUT2D eigenvalue weighted by Crippen LogP contribution is -2.29. The minimum absolute atomic E-state index is 0.00458. The molecule has 0 heterocycles. The zero-order valence-corrected chi connectivity index (χ0v) is 13.9. The van der Waals surface area contributed by atoms with Crippen LogP contribution < -0.4 is 21.1 Å². The maximum Gasteiger partial charge on any atom is 0.222 e. The molecule has 0 atom stereocenters. The highest BCUT2D eigenvalue weighted by molar-refractivity contribution is 6.32. The van der Waals surface area contributed by atoms with Crippen LogP contribution in [0.4, 0.5) is 5.69 Å². The maximum atomic E-state index is 11.4. The van der Waals surface area contributed by atoms with Crippen molar-refractivity contribution in [1.82, 2.24) is 5.32 Å². The van der Waals surface area contributed by atoms with Crippen molar-refractivity contribution in [2.45, 2.75) is 20.3 Å². The SMILES string of the molecule is COc1ccc(NC(N)=NCCCNC(=O)C(C)C)cc1Cl. The van der Waals surface area contributed by atoms with Gasteiger partial charge in [0.05, 0.1) is 12.1 Å². The summed E-state index contributed by atoms with van der Waals surface area (Å²) in [6, 6.07) is 5.26. The first-order valence-electron chi connectivity index (χ1n) is 7.12. The molecular weight excluding hydrogens is 304 g/mol. The number of amides is 1. The number of nitrogens with two attached hydrogens (primary N) is 1. The van der Waals surface area contributed by atoms with Crippen LogP contribution in [0.2, 0.25) is 5.02 Å².